The lowest BCUT2D eigenvalue weighted by Crippen LogP contribution is -2.22. The molecule has 144 valence electrons. The van der Waals surface area contributed by atoms with Gasteiger partial charge in [-0.2, -0.15) is 0 Å². The van der Waals surface area contributed by atoms with Gasteiger partial charge in [0.25, 0.3) is 0 Å². The summed E-state index contributed by atoms with van der Waals surface area (Å²) in [6, 6.07) is 9.07. The second kappa shape index (κ2) is 8.22. The minimum atomic E-state index is -0.873. The van der Waals surface area contributed by atoms with Gasteiger partial charge < -0.3 is 28.8 Å². The average molecular weight is 372 g/mol. The standard InChI is InChI=1S/C21H24O6/c1-5-6-14-9-18(23-3)21(19(10-14)24-4)27-13(2)20(22)15-7-8-16-17(11-15)26-12-25-16/h5,7-11,13,20,22H,1,6,12H2,2-4H3. The molecule has 0 saturated carbocycles. The van der Waals surface area contributed by atoms with Gasteiger partial charge in [0.1, 0.15) is 12.2 Å². The maximum Gasteiger partial charge on any atom is 0.231 e. The van der Waals surface area contributed by atoms with Crippen LogP contribution in [0.4, 0.5) is 0 Å². The summed E-state index contributed by atoms with van der Waals surface area (Å²) in [4.78, 5) is 0. The van der Waals surface area contributed by atoms with E-state index in [0.29, 0.717) is 40.7 Å². The van der Waals surface area contributed by atoms with Crippen LogP contribution in [0.3, 0.4) is 0 Å². The van der Waals surface area contributed by atoms with Crippen molar-refractivity contribution in [2.75, 3.05) is 21.0 Å². The predicted molar refractivity (Wildman–Crippen MR) is 101 cm³/mol. The Balaban J connectivity index is 1.84. The Morgan fingerprint density at radius 2 is 1.78 bits per heavy atom. The maximum absolute atomic E-state index is 10.7. The highest BCUT2D eigenvalue weighted by molar-refractivity contribution is 5.54. The van der Waals surface area contributed by atoms with E-state index in [4.69, 9.17) is 23.7 Å². The van der Waals surface area contributed by atoms with Crippen molar-refractivity contribution in [2.24, 2.45) is 0 Å². The van der Waals surface area contributed by atoms with Gasteiger partial charge in [-0.05, 0) is 48.7 Å². The lowest BCUT2D eigenvalue weighted by Gasteiger charge is -2.24. The van der Waals surface area contributed by atoms with Crippen LogP contribution in [0.2, 0.25) is 0 Å². The molecule has 0 radical (unpaired) electrons. The van der Waals surface area contributed by atoms with Crippen LogP contribution in [0.1, 0.15) is 24.2 Å². The fourth-order valence-corrected chi connectivity index (χ4v) is 2.95. The van der Waals surface area contributed by atoms with Crippen molar-refractivity contribution in [2.45, 2.75) is 25.6 Å². The smallest absolute Gasteiger partial charge is 0.231 e. The van der Waals surface area contributed by atoms with Crippen LogP contribution >= 0.6 is 0 Å². The molecule has 2 aromatic rings. The highest BCUT2D eigenvalue weighted by Gasteiger charge is 2.24. The first kappa shape index (κ1) is 18.9. The molecule has 1 N–H and O–H groups in total. The lowest BCUT2D eigenvalue weighted by molar-refractivity contribution is 0.0433. The summed E-state index contributed by atoms with van der Waals surface area (Å²) in [6.45, 7) is 5.72. The largest absolute Gasteiger partial charge is 0.493 e. The third-order valence-electron chi connectivity index (χ3n) is 4.39. The number of aliphatic hydroxyl groups is 1. The van der Waals surface area contributed by atoms with Crippen LogP contribution in [0.25, 0.3) is 0 Å². The summed E-state index contributed by atoms with van der Waals surface area (Å²) in [7, 11) is 3.14. The van der Waals surface area contributed by atoms with E-state index in [-0.39, 0.29) is 6.79 Å². The monoisotopic (exact) mass is 372 g/mol. The highest BCUT2D eigenvalue weighted by atomic mass is 16.7. The Morgan fingerprint density at radius 1 is 1.11 bits per heavy atom. The second-order valence-corrected chi connectivity index (χ2v) is 6.20. The van der Waals surface area contributed by atoms with Crippen LogP contribution in [0.5, 0.6) is 28.7 Å². The van der Waals surface area contributed by atoms with Crippen LogP contribution in [-0.4, -0.2) is 32.2 Å². The highest BCUT2D eigenvalue weighted by Crippen LogP contribution is 2.41. The quantitative estimate of drug-likeness (QED) is 0.714. The summed E-state index contributed by atoms with van der Waals surface area (Å²) >= 11 is 0. The summed E-state index contributed by atoms with van der Waals surface area (Å²) in [5, 5.41) is 10.7. The zero-order valence-electron chi connectivity index (χ0n) is 15.7. The van der Waals surface area contributed by atoms with Crippen LogP contribution < -0.4 is 23.7 Å². The van der Waals surface area contributed by atoms with Crippen LogP contribution in [-0.2, 0) is 6.42 Å². The van der Waals surface area contributed by atoms with E-state index >= 15 is 0 Å². The molecule has 0 amide bonds. The third kappa shape index (κ3) is 3.95. The van der Waals surface area contributed by atoms with Gasteiger partial charge in [-0.25, -0.2) is 0 Å². The number of benzene rings is 2. The molecule has 6 nitrogen and oxygen atoms in total. The van der Waals surface area contributed by atoms with E-state index in [1.165, 1.54) is 0 Å². The first-order chi connectivity index (χ1) is 13.1. The van der Waals surface area contributed by atoms with E-state index in [9.17, 15) is 5.11 Å². The van der Waals surface area contributed by atoms with E-state index in [0.717, 1.165) is 5.56 Å². The Bertz CT molecular complexity index is 791. The molecule has 3 rings (SSSR count). The zero-order valence-corrected chi connectivity index (χ0v) is 15.7. The number of aliphatic hydroxyl groups excluding tert-OH is 1. The fourth-order valence-electron chi connectivity index (χ4n) is 2.95. The molecule has 0 aromatic heterocycles. The van der Waals surface area contributed by atoms with Gasteiger partial charge in [0.15, 0.2) is 23.0 Å². The minimum Gasteiger partial charge on any atom is -0.493 e. The molecule has 2 atom stereocenters. The Morgan fingerprint density at radius 3 is 2.41 bits per heavy atom. The maximum atomic E-state index is 10.7. The molecular weight excluding hydrogens is 348 g/mol. The predicted octanol–water partition coefficient (Wildman–Crippen LogP) is 3.66. The topological polar surface area (TPSA) is 66.4 Å². The van der Waals surface area contributed by atoms with Gasteiger partial charge in [-0.3, -0.25) is 0 Å². The van der Waals surface area contributed by atoms with Crippen molar-refractivity contribution >= 4 is 0 Å². The molecule has 0 bridgehead atoms. The Hall–Kier alpha value is -2.86. The van der Waals surface area contributed by atoms with Gasteiger partial charge in [0.05, 0.1) is 14.2 Å². The molecule has 2 unspecified atom stereocenters. The second-order valence-electron chi connectivity index (χ2n) is 6.20. The number of hydrogen-bond acceptors (Lipinski definition) is 6. The van der Waals surface area contributed by atoms with Crippen LogP contribution in [0.15, 0.2) is 43.0 Å². The van der Waals surface area contributed by atoms with Gasteiger partial charge in [0.2, 0.25) is 12.5 Å². The molecular formula is C21H24O6. The molecule has 1 aliphatic rings. The molecule has 1 aliphatic heterocycles. The number of fused-ring (bicyclic) bond motifs is 1. The molecule has 27 heavy (non-hydrogen) atoms. The fraction of sp³-hybridized carbons (Fsp3) is 0.333. The molecule has 0 spiro atoms. The Kier molecular flexibility index (Phi) is 5.76. The van der Waals surface area contributed by atoms with E-state index in [1.807, 2.05) is 12.1 Å². The number of rotatable bonds is 8. The van der Waals surface area contributed by atoms with Gasteiger partial charge >= 0.3 is 0 Å². The lowest BCUT2D eigenvalue weighted by atomic mass is 10.0. The van der Waals surface area contributed by atoms with E-state index in [2.05, 4.69) is 6.58 Å². The Labute approximate surface area is 158 Å². The third-order valence-corrected chi connectivity index (χ3v) is 4.39. The molecule has 0 fully saturated rings. The normalized spacial score (nSPS) is 14.4. The summed E-state index contributed by atoms with van der Waals surface area (Å²) in [6.07, 6.45) is 1.06. The molecule has 6 heteroatoms. The van der Waals surface area contributed by atoms with E-state index < -0.39 is 12.2 Å². The molecule has 2 aromatic carbocycles. The molecule has 1 heterocycles. The molecule has 0 aliphatic carbocycles. The van der Waals surface area contributed by atoms with Gasteiger partial charge in [0, 0.05) is 0 Å². The number of allylic oxidation sites excluding steroid dienone is 1. The number of methoxy groups -OCH3 is 2. The molecule has 0 saturated heterocycles. The summed E-state index contributed by atoms with van der Waals surface area (Å²) in [5.74, 6) is 2.80. The number of ether oxygens (including phenoxy) is 5. The van der Waals surface area contributed by atoms with Crippen molar-refractivity contribution < 1.29 is 28.8 Å². The minimum absolute atomic E-state index is 0.187. The van der Waals surface area contributed by atoms with Crippen molar-refractivity contribution in [3.05, 3.63) is 54.1 Å². The summed E-state index contributed by atoms with van der Waals surface area (Å²) < 4.78 is 27.6. The van der Waals surface area contributed by atoms with E-state index in [1.54, 1.807) is 45.4 Å². The van der Waals surface area contributed by atoms with Crippen molar-refractivity contribution in [1.82, 2.24) is 0 Å². The first-order valence-corrected chi connectivity index (χ1v) is 8.67. The zero-order chi connectivity index (χ0) is 19.4. The van der Waals surface area contributed by atoms with Crippen LogP contribution in [0, 0.1) is 0 Å². The summed E-state index contributed by atoms with van der Waals surface area (Å²) in [5.41, 5.74) is 1.67. The first-order valence-electron chi connectivity index (χ1n) is 8.67. The van der Waals surface area contributed by atoms with Gasteiger partial charge in [-0.15, -0.1) is 6.58 Å². The van der Waals surface area contributed by atoms with Gasteiger partial charge in [-0.1, -0.05) is 12.1 Å². The SMILES string of the molecule is C=CCc1cc(OC)c(OC(C)C(O)c2ccc3c(c2)OCO3)c(OC)c1. The number of hydrogen-bond donors (Lipinski definition) is 1. The van der Waals surface area contributed by atoms with Crippen molar-refractivity contribution in [1.29, 1.82) is 0 Å². The van der Waals surface area contributed by atoms with Crippen molar-refractivity contribution in [3.63, 3.8) is 0 Å². The van der Waals surface area contributed by atoms with Crippen molar-refractivity contribution in [3.8, 4) is 28.7 Å². The average Bonchev–Trinajstić information content (AvgIpc) is 3.16.